The van der Waals surface area contributed by atoms with Gasteiger partial charge < -0.3 is 5.73 Å². The molecule has 4 aromatic heterocycles. The van der Waals surface area contributed by atoms with Crippen LogP contribution in [0, 0.1) is 6.92 Å². The van der Waals surface area contributed by atoms with E-state index in [4.69, 9.17) is 5.73 Å². The number of nitrogens with zero attached hydrogens (tertiary/aromatic N) is 7. The first kappa shape index (κ1) is 21.7. The molecule has 6 aromatic rings. The monoisotopic (exact) mass is 497 g/mol. The fourth-order valence-electron chi connectivity index (χ4n) is 4.20. The minimum absolute atomic E-state index is 0.0512. The number of carbonyl (C=O) groups excluding carboxylic acids is 1. The second-order valence-electron chi connectivity index (χ2n) is 8.10. The average Bonchev–Trinajstić information content (AvgIpc) is 3.54. The van der Waals surface area contributed by atoms with Gasteiger partial charge in [0.2, 0.25) is 0 Å². The van der Waals surface area contributed by atoms with Crippen LogP contribution in [-0.4, -0.2) is 39.8 Å². The molecule has 4 heterocycles. The highest BCUT2D eigenvalue weighted by Crippen LogP contribution is 2.27. The molecule has 0 unspecified atom stereocenters. The van der Waals surface area contributed by atoms with Crippen LogP contribution in [0.3, 0.4) is 0 Å². The smallest absolute Gasteiger partial charge is 0.281 e. The molecule has 178 valence electrons. The lowest BCUT2D eigenvalue weighted by Crippen LogP contribution is -2.20. The van der Waals surface area contributed by atoms with Gasteiger partial charge in [0, 0.05) is 18.1 Å². The van der Waals surface area contributed by atoms with Gasteiger partial charge in [-0.25, -0.2) is 14.6 Å². The van der Waals surface area contributed by atoms with Crippen LogP contribution in [0.5, 0.6) is 0 Å². The number of benzene rings is 2. The number of hydrogen-bond donors (Lipinski definition) is 2. The van der Waals surface area contributed by atoms with E-state index in [1.54, 1.807) is 19.1 Å². The predicted octanol–water partition coefficient (Wildman–Crippen LogP) is 3.03. The van der Waals surface area contributed by atoms with Crippen LogP contribution in [0.25, 0.3) is 33.8 Å². The van der Waals surface area contributed by atoms with Gasteiger partial charge in [0.05, 0.1) is 28.0 Å². The van der Waals surface area contributed by atoms with Crippen LogP contribution in [0.2, 0.25) is 0 Å². The van der Waals surface area contributed by atoms with E-state index in [-0.39, 0.29) is 17.1 Å². The van der Waals surface area contributed by atoms with Crippen molar-refractivity contribution in [3.05, 3.63) is 81.7 Å². The largest absolute Gasteiger partial charge is 0.383 e. The number of thiazole rings is 1. The Labute approximate surface area is 207 Å². The summed E-state index contributed by atoms with van der Waals surface area (Å²) in [6.45, 7) is 1.86. The number of fused-ring (bicyclic) bond motifs is 3. The van der Waals surface area contributed by atoms with Crippen molar-refractivity contribution < 1.29 is 4.79 Å². The molecule has 0 aliphatic rings. The summed E-state index contributed by atoms with van der Waals surface area (Å²) in [6.07, 6.45) is 0. The van der Waals surface area contributed by atoms with Gasteiger partial charge in [0.25, 0.3) is 17.2 Å². The van der Waals surface area contributed by atoms with E-state index < -0.39 is 5.91 Å². The lowest BCUT2D eigenvalue weighted by atomic mass is 10.2. The van der Waals surface area contributed by atoms with Crippen molar-refractivity contribution in [2.75, 3.05) is 11.1 Å². The topological polar surface area (TPSA) is 138 Å². The van der Waals surface area contributed by atoms with Gasteiger partial charge in [-0.2, -0.15) is 0 Å². The molecule has 3 N–H and O–H groups in total. The van der Waals surface area contributed by atoms with Gasteiger partial charge in [-0.3, -0.25) is 24.0 Å². The van der Waals surface area contributed by atoms with Crippen LogP contribution in [-0.2, 0) is 7.05 Å². The van der Waals surface area contributed by atoms with Crippen LogP contribution in [0.4, 0.5) is 10.9 Å². The fraction of sp³-hybridized carbons (Fsp3) is 0.0833. The highest BCUT2D eigenvalue weighted by molar-refractivity contribution is 7.14. The second kappa shape index (κ2) is 8.13. The maximum Gasteiger partial charge on any atom is 0.281 e. The average molecular weight is 498 g/mol. The molecular weight excluding hydrogens is 478 g/mol. The van der Waals surface area contributed by atoms with Crippen molar-refractivity contribution in [3.8, 4) is 16.9 Å². The zero-order valence-corrected chi connectivity index (χ0v) is 20.0. The summed E-state index contributed by atoms with van der Waals surface area (Å²) in [6, 6.07) is 16.7. The molecule has 0 fully saturated rings. The maximum absolute atomic E-state index is 13.3. The molecule has 0 aliphatic carbocycles. The summed E-state index contributed by atoms with van der Waals surface area (Å²) in [5.41, 5.74) is 9.89. The first-order valence-corrected chi connectivity index (χ1v) is 11.8. The van der Waals surface area contributed by atoms with Crippen molar-refractivity contribution in [2.24, 2.45) is 7.05 Å². The molecule has 0 bridgehead atoms. The number of amides is 1. The van der Waals surface area contributed by atoms with Crippen molar-refractivity contribution in [1.29, 1.82) is 0 Å². The number of nitrogens with two attached hydrogens (primary N) is 1. The van der Waals surface area contributed by atoms with E-state index in [1.165, 1.54) is 11.3 Å². The summed E-state index contributed by atoms with van der Waals surface area (Å²) in [5, 5.41) is 12.8. The first-order chi connectivity index (χ1) is 17.4. The highest BCUT2D eigenvalue weighted by Gasteiger charge is 2.22. The molecule has 12 heteroatoms. The number of aromatic nitrogens is 7. The fourth-order valence-corrected chi connectivity index (χ4v) is 4.89. The molecule has 6 rings (SSSR count). The number of carbonyl (C=O) groups is 1. The van der Waals surface area contributed by atoms with Crippen LogP contribution in [0.15, 0.2) is 64.8 Å². The molecule has 1 amide bonds. The van der Waals surface area contributed by atoms with E-state index in [0.29, 0.717) is 27.7 Å². The molecule has 0 spiro atoms. The third-order valence-electron chi connectivity index (χ3n) is 6.02. The third kappa shape index (κ3) is 3.26. The minimum Gasteiger partial charge on any atom is -0.383 e. The number of hydrogen-bond acceptors (Lipinski definition) is 8. The number of imidazole rings is 1. The van der Waals surface area contributed by atoms with E-state index in [1.807, 2.05) is 68.6 Å². The predicted molar refractivity (Wildman–Crippen MR) is 138 cm³/mol. The Balaban J connectivity index is 1.34. The summed E-state index contributed by atoms with van der Waals surface area (Å²) < 4.78 is 4.96. The molecule has 0 aliphatic heterocycles. The van der Waals surface area contributed by atoms with E-state index in [9.17, 15) is 9.59 Å². The zero-order valence-electron chi connectivity index (χ0n) is 19.2. The second-order valence-corrected chi connectivity index (χ2v) is 8.96. The van der Waals surface area contributed by atoms with Crippen molar-refractivity contribution in [3.63, 3.8) is 0 Å². The molecule has 0 saturated carbocycles. The summed E-state index contributed by atoms with van der Waals surface area (Å²) in [5.74, 6) is -0.143. The van der Waals surface area contributed by atoms with Crippen molar-refractivity contribution in [1.82, 2.24) is 33.9 Å². The number of rotatable bonds is 4. The molecule has 0 saturated heterocycles. The van der Waals surface area contributed by atoms with E-state index >= 15 is 0 Å². The SMILES string of the molecule is Cc1c(-c2csc(NC(=O)c3nnc4nc5ccccc5n4c3N)n2)c(=O)n(-c2ccccc2)n1C. The molecular formula is C24H19N9O2S. The quantitative estimate of drug-likeness (QED) is 0.382. The molecule has 11 nitrogen and oxygen atoms in total. The molecule has 0 radical (unpaired) electrons. The van der Waals surface area contributed by atoms with Gasteiger partial charge in [0.15, 0.2) is 10.8 Å². The van der Waals surface area contributed by atoms with E-state index in [0.717, 1.165) is 16.9 Å². The molecule has 36 heavy (non-hydrogen) atoms. The Morgan fingerprint density at radius 3 is 2.58 bits per heavy atom. The normalized spacial score (nSPS) is 11.4. The summed E-state index contributed by atoms with van der Waals surface area (Å²) >= 11 is 1.20. The summed E-state index contributed by atoms with van der Waals surface area (Å²) in [7, 11) is 1.82. The van der Waals surface area contributed by atoms with Gasteiger partial charge >= 0.3 is 0 Å². The van der Waals surface area contributed by atoms with Crippen molar-refractivity contribution >= 4 is 45.0 Å². The van der Waals surface area contributed by atoms with Crippen LogP contribution >= 0.6 is 11.3 Å². The Morgan fingerprint density at radius 1 is 1.03 bits per heavy atom. The maximum atomic E-state index is 13.3. The number of nitrogens with one attached hydrogen (secondary N) is 1. The molecule has 2 aromatic carbocycles. The number of para-hydroxylation sites is 3. The Kier molecular flexibility index (Phi) is 4.90. The Bertz CT molecular complexity index is 1850. The standard InChI is InChI=1S/C24H19N9O2S/c1-13-18(22(35)33(31(13)2)14-8-4-3-5-9-14)16-12-36-24(27-16)28-21(34)19-20(25)32-17-11-7-6-10-15(17)26-23(32)30-29-19/h3-12H,25H2,1-2H3,(H,27,28,34). The van der Waals surface area contributed by atoms with Crippen molar-refractivity contribution in [2.45, 2.75) is 6.92 Å². The number of anilines is 2. The van der Waals surface area contributed by atoms with Gasteiger partial charge in [-0.05, 0) is 31.2 Å². The van der Waals surface area contributed by atoms with Crippen LogP contribution < -0.4 is 16.6 Å². The number of nitrogen functional groups attached to an aromatic ring is 1. The Morgan fingerprint density at radius 2 is 1.78 bits per heavy atom. The Hall–Kier alpha value is -4.84. The van der Waals surface area contributed by atoms with E-state index in [2.05, 4.69) is 25.5 Å². The zero-order chi connectivity index (χ0) is 25.0. The van der Waals surface area contributed by atoms with Gasteiger partial charge in [0.1, 0.15) is 5.82 Å². The minimum atomic E-state index is -0.563. The third-order valence-corrected chi connectivity index (χ3v) is 6.77. The lowest BCUT2D eigenvalue weighted by Gasteiger charge is -2.07. The highest BCUT2D eigenvalue weighted by atomic mass is 32.1. The van der Waals surface area contributed by atoms with Gasteiger partial charge in [-0.15, -0.1) is 21.5 Å². The summed E-state index contributed by atoms with van der Waals surface area (Å²) in [4.78, 5) is 35.2. The van der Waals surface area contributed by atoms with Crippen LogP contribution in [0.1, 0.15) is 16.2 Å². The van der Waals surface area contributed by atoms with Gasteiger partial charge in [-0.1, -0.05) is 30.3 Å². The lowest BCUT2D eigenvalue weighted by molar-refractivity contribution is 0.102. The first-order valence-electron chi connectivity index (χ1n) is 10.9. The molecule has 0 atom stereocenters.